The van der Waals surface area contributed by atoms with Gasteiger partial charge >= 0.3 is 0 Å². The second-order valence-electron chi connectivity index (χ2n) is 7.00. The Kier molecular flexibility index (Phi) is 5.33. The molecule has 0 fully saturated rings. The molecule has 0 aliphatic heterocycles. The third-order valence-electron chi connectivity index (χ3n) is 4.67. The SMILES string of the molecule is Cc1cc(C)c2c(OCC(=O)Nc3cc(S(N)(=O)=O)cc(C)c3C)nn(C)c2n1. The summed E-state index contributed by atoms with van der Waals surface area (Å²) in [6, 6.07) is 4.72. The molecule has 154 valence electrons. The number of hydrogen-bond acceptors (Lipinski definition) is 6. The minimum Gasteiger partial charge on any atom is -0.466 e. The molecule has 0 unspecified atom stereocenters. The molecular weight excluding hydrogens is 394 g/mol. The number of nitrogens with zero attached hydrogens (tertiary/aromatic N) is 3. The molecule has 1 aromatic carbocycles. The van der Waals surface area contributed by atoms with E-state index in [2.05, 4.69) is 15.4 Å². The summed E-state index contributed by atoms with van der Waals surface area (Å²) >= 11 is 0. The van der Waals surface area contributed by atoms with Crippen molar-refractivity contribution in [1.29, 1.82) is 0 Å². The number of carbonyl (C=O) groups excluding carboxylic acids is 1. The van der Waals surface area contributed by atoms with Crippen LogP contribution in [0.5, 0.6) is 5.88 Å². The maximum atomic E-state index is 12.4. The van der Waals surface area contributed by atoms with Crippen LogP contribution >= 0.6 is 0 Å². The van der Waals surface area contributed by atoms with Gasteiger partial charge in [0.1, 0.15) is 0 Å². The van der Waals surface area contributed by atoms with Crippen molar-refractivity contribution in [3.05, 3.63) is 40.6 Å². The lowest BCUT2D eigenvalue weighted by Crippen LogP contribution is -2.22. The molecule has 2 aromatic heterocycles. The highest BCUT2D eigenvalue weighted by Gasteiger charge is 2.17. The van der Waals surface area contributed by atoms with Gasteiger partial charge in [-0.25, -0.2) is 23.2 Å². The van der Waals surface area contributed by atoms with E-state index in [0.29, 0.717) is 22.8 Å². The minimum absolute atomic E-state index is 0.0652. The number of sulfonamides is 1. The van der Waals surface area contributed by atoms with E-state index >= 15 is 0 Å². The summed E-state index contributed by atoms with van der Waals surface area (Å²) in [5.41, 5.74) is 4.28. The van der Waals surface area contributed by atoms with Crippen LogP contribution in [0.25, 0.3) is 11.0 Å². The Hall–Kier alpha value is -2.98. The number of anilines is 1. The van der Waals surface area contributed by atoms with Gasteiger partial charge in [0.15, 0.2) is 12.3 Å². The molecule has 3 rings (SSSR count). The molecular formula is C19H23N5O4S. The fourth-order valence-corrected chi connectivity index (χ4v) is 3.71. The quantitative estimate of drug-likeness (QED) is 0.652. The number of nitrogens with two attached hydrogens (primary N) is 1. The van der Waals surface area contributed by atoms with Crippen LogP contribution in [0, 0.1) is 27.7 Å². The average Bonchev–Trinajstić information content (AvgIpc) is 2.92. The molecule has 0 spiro atoms. The van der Waals surface area contributed by atoms with E-state index in [1.54, 1.807) is 25.6 Å². The molecule has 29 heavy (non-hydrogen) atoms. The zero-order valence-electron chi connectivity index (χ0n) is 16.9. The molecule has 0 saturated carbocycles. The van der Waals surface area contributed by atoms with Gasteiger partial charge < -0.3 is 10.1 Å². The number of pyridine rings is 1. The molecule has 3 aromatic rings. The van der Waals surface area contributed by atoms with Crippen molar-refractivity contribution in [1.82, 2.24) is 14.8 Å². The lowest BCUT2D eigenvalue weighted by molar-refractivity contribution is -0.118. The van der Waals surface area contributed by atoms with Crippen molar-refractivity contribution >= 4 is 32.7 Å². The highest BCUT2D eigenvalue weighted by atomic mass is 32.2. The van der Waals surface area contributed by atoms with Crippen molar-refractivity contribution in [2.45, 2.75) is 32.6 Å². The highest BCUT2D eigenvalue weighted by Crippen LogP contribution is 2.27. The molecule has 2 heterocycles. The minimum atomic E-state index is -3.89. The largest absolute Gasteiger partial charge is 0.466 e. The van der Waals surface area contributed by atoms with E-state index in [0.717, 1.165) is 22.2 Å². The summed E-state index contributed by atoms with van der Waals surface area (Å²) in [5, 5.41) is 12.9. The van der Waals surface area contributed by atoms with Crippen LogP contribution in [0.3, 0.4) is 0 Å². The number of amides is 1. The second kappa shape index (κ2) is 7.45. The van der Waals surface area contributed by atoms with Gasteiger partial charge in [-0.3, -0.25) is 4.79 Å². The van der Waals surface area contributed by atoms with E-state index in [-0.39, 0.29) is 11.5 Å². The molecule has 0 atom stereocenters. The molecule has 3 N–H and O–H groups in total. The maximum Gasteiger partial charge on any atom is 0.262 e. The van der Waals surface area contributed by atoms with Crippen LogP contribution in [0.4, 0.5) is 5.69 Å². The van der Waals surface area contributed by atoms with Gasteiger partial charge in [-0.15, -0.1) is 5.10 Å². The summed E-state index contributed by atoms with van der Waals surface area (Å²) in [7, 11) is -2.13. The van der Waals surface area contributed by atoms with Crippen LogP contribution < -0.4 is 15.2 Å². The number of aryl methyl sites for hydroxylation is 4. The first-order chi connectivity index (χ1) is 13.5. The highest BCUT2D eigenvalue weighted by molar-refractivity contribution is 7.89. The van der Waals surface area contributed by atoms with Gasteiger partial charge in [0.05, 0.1) is 10.3 Å². The van der Waals surface area contributed by atoms with Crippen LogP contribution in [0.2, 0.25) is 0 Å². The first-order valence-electron chi connectivity index (χ1n) is 8.85. The average molecular weight is 417 g/mol. The van der Waals surface area contributed by atoms with Gasteiger partial charge in [0.25, 0.3) is 5.91 Å². The monoisotopic (exact) mass is 417 g/mol. The predicted molar refractivity (Wildman–Crippen MR) is 109 cm³/mol. The van der Waals surface area contributed by atoms with E-state index < -0.39 is 15.9 Å². The van der Waals surface area contributed by atoms with Crippen molar-refractivity contribution in [3.63, 3.8) is 0 Å². The lowest BCUT2D eigenvalue weighted by atomic mass is 10.1. The number of aromatic nitrogens is 3. The van der Waals surface area contributed by atoms with Crippen molar-refractivity contribution < 1.29 is 17.9 Å². The zero-order valence-corrected chi connectivity index (χ0v) is 17.7. The van der Waals surface area contributed by atoms with E-state index in [4.69, 9.17) is 9.88 Å². The van der Waals surface area contributed by atoms with Crippen molar-refractivity contribution in [2.75, 3.05) is 11.9 Å². The van der Waals surface area contributed by atoms with Gasteiger partial charge in [0, 0.05) is 18.4 Å². The number of nitrogens with one attached hydrogen (secondary N) is 1. The maximum absolute atomic E-state index is 12.4. The summed E-state index contributed by atoms with van der Waals surface area (Å²) in [4.78, 5) is 16.8. The Morgan fingerprint density at radius 3 is 2.52 bits per heavy atom. The number of fused-ring (bicyclic) bond motifs is 1. The van der Waals surface area contributed by atoms with Gasteiger partial charge in [-0.2, -0.15) is 0 Å². The number of primary sulfonamides is 1. The summed E-state index contributed by atoms with van der Waals surface area (Å²) in [6.45, 7) is 7.05. The normalized spacial score (nSPS) is 11.7. The Morgan fingerprint density at radius 1 is 1.17 bits per heavy atom. The first-order valence-corrected chi connectivity index (χ1v) is 10.4. The van der Waals surface area contributed by atoms with Gasteiger partial charge in [0.2, 0.25) is 15.9 Å². The fraction of sp³-hybridized carbons (Fsp3) is 0.316. The number of rotatable bonds is 5. The summed E-state index contributed by atoms with van der Waals surface area (Å²) in [6.07, 6.45) is 0. The lowest BCUT2D eigenvalue weighted by Gasteiger charge is -2.13. The number of carbonyl (C=O) groups is 1. The van der Waals surface area contributed by atoms with Crippen LogP contribution in [-0.4, -0.2) is 35.7 Å². The van der Waals surface area contributed by atoms with Crippen LogP contribution in [0.15, 0.2) is 23.1 Å². The molecule has 0 aliphatic carbocycles. The van der Waals surface area contributed by atoms with E-state index in [1.165, 1.54) is 12.1 Å². The fourth-order valence-electron chi connectivity index (χ4n) is 3.09. The summed E-state index contributed by atoms with van der Waals surface area (Å²) in [5.74, 6) is -0.135. The number of benzene rings is 1. The Morgan fingerprint density at radius 2 is 1.86 bits per heavy atom. The van der Waals surface area contributed by atoms with Crippen LogP contribution in [0.1, 0.15) is 22.4 Å². The second-order valence-corrected chi connectivity index (χ2v) is 8.56. The Bertz CT molecular complexity index is 1230. The van der Waals surface area contributed by atoms with Gasteiger partial charge in [-0.1, -0.05) is 0 Å². The van der Waals surface area contributed by atoms with Crippen LogP contribution in [-0.2, 0) is 21.9 Å². The zero-order chi connectivity index (χ0) is 21.5. The third kappa shape index (κ3) is 4.22. The molecule has 1 amide bonds. The molecule has 0 saturated heterocycles. The smallest absolute Gasteiger partial charge is 0.262 e. The molecule has 0 radical (unpaired) electrons. The predicted octanol–water partition coefficient (Wildman–Crippen LogP) is 1.87. The Balaban J connectivity index is 1.81. The number of ether oxygens (including phenoxy) is 1. The molecule has 9 nitrogen and oxygen atoms in total. The summed E-state index contributed by atoms with van der Waals surface area (Å²) < 4.78 is 30.5. The van der Waals surface area contributed by atoms with E-state index in [1.807, 2.05) is 19.9 Å². The molecule has 0 bridgehead atoms. The molecule has 10 heteroatoms. The van der Waals surface area contributed by atoms with Crippen molar-refractivity contribution in [2.24, 2.45) is 12.2 Å². The third-order valence-corrected chi connectivity index (χ3v) is 5.56. The molecule has 0 aliphatic rings. The van der Waals surface area contributed by atoms with Gasteiger partial charge in [-0.05, 0) is 62.6 Å². The van der Waals surface area contributed by atoms with E-state index in [9.17, 15) is 13.2 Å². The topological polar surface area (TPSA) is 129 Å². The Labute approximate surface area is 168 Å². The van der Waals surface area contributed by atoms with Crippen molar-refractivity contribution in [3.8, 4) is 5.88 Å². The standard InChI is InChI=1S/C19H23N5O4S/c1-10-7-14(29(20,26)27)8-15(13(10)4)22-16(25)9-28-19-17-11(2)6-12(3)21-18(17)24(5)23-19/h6-8H,9H2,1-5H3,(H,22,25)(H2,20,26,27). The first kappa shape index (κ1) is 20.7. The number of hydrogen-bond donors (Lipinski definition) is 2.